The van der Waals surface area contributed by atoms with Gasteiger partial charge in [0.05, 0.1) is 19.3 Å². The molecule has 9 heteroatoms. The maximum Gasteiger partial charge on any atom is 0.251 e. The van der Waals surface area contributed by atoms with Gasteiger partial charge in [-0.1, -0.05) is 51.1 Å². The monoisotopic (exact) mass is 634 g/mol. The van der Waals surface area contributed by atoms with Crippen molar-refractivity contribution in [3.05, 3.63) is 59.7 Å². The van der Waals surface area contributed by atoms with Gasteiger partial charge in [0.25, 0.3) is 5.91 Å². The van der Waals surface area contributed by atoms with Gasteiger partial charge >= 0.3 is 0 Å². The number of benzene rings is 2. The summed E-state index contributed by atoms with van der Waals surface area (Å²) in [6.07, 6.45) is 2.61. The molecule has 1 saturated heterocycles. The number of carbonyl (C=O) groups excluding carboxylic acids is 2. The van der Waals surface area contributed by atoms with E-state index in [1.54, 1.807) is 12.0 Å². The lowest BCUT2D eigenvalue weighted by Gasteiger charge is -2.62. The van der Waals surface area contributed by atoms with Gasteiger partial charge in [0, 0.05) is 24.1 Å². The van der Waals surface area contributed by atoms with E-state index in [4.69, 9.17) is 4.84 Å². The van der Waals surface area contributed by atoms with Gasteiger partial charge in [-0.25, -0.2) is 0 Å². The lowest BCUT2D eigenvalue weighted by Crippen LogP contribution is -2.62. The molecule has 2 bridgehead atoms. The van der Waals surface area contributed by atoms with Crippen molar-refractivity contribution < 1.29 is 24.6 Å². The quantitative estimate of drug-likeness (QED) is 0.246. The largest absolute Gasteiger partial charge is 0.394 e. The maximum atomic E-state index is 14.0. The molecular weight excluding hydrogens is 580 g/mol. The van der Waals surface area contributed by atoms with Crippen LogP contribution in [0.1, 0.15) is 69.3 Å². The summed E-state index contributed by atoms with van der Waals surface area (Å²) in [6, 6.07) is 14.9. The number of unbranched alkanes of at least 4 members (excludes halogenated alkanes) is 1. The molecule has 2 amide bonds. The van der Waals surface area contributed by atoms with Crippen LogP contribution >= 0.6 is 0 Å². The first-order chi connectivity index (χ1) is 21.9. The number of rotatable bonds is 13. The van der Waals surface area contributed by atoms with Gasteiger partial charge < -0.3 is 25.7 Å². The third-order valence-corrected chi connectivity index (χ3v) is 11.1. The minimum Gasteiger partial charge on any atom is -0.394 e. The number of aliphatic hydroxyl groups excluding tert-OH is 2. The van der Waals surface area contributed by atoms with Crippen LogP contribution in [0.15, 0.2) is 48.5 Å². The fourth-order valence-corrected chi connectivity index (χ4v) is 8.21. The summed E-state index contributed by atoms with van der Waals surface area (Å²) in [5.74, 6) is 0.745. The number of hydrogen-bond acceptors (Lipinski definition) is 7. The molecule has 4 aliphatic rings. The molecule has 0 spiro atoms. The third-order valence-electron chi connectivity index (χ3n) is 11.1. The highest BCUT2D eigenvalue weighted by Gasteiger charge is 2.57. The molecular formula is C37H54N4O5. The standard InChI is InChI=1S/C37H54N4O5/c1-23-30-19-29(37(30,3)4)20-31(23)39-36(45)34-33(24(2)43)32(22-42)46-41(34)21-25-11-9-12-26(17-25)27-13-10-14-28(18-27)35(44)38-15-7-8-16-40(5)6/h9-14,17-18,23-24,29-34,42-43H,7-8,15-16,19-22H2,1-6H3,(H,38,44)(H,39,45)/t23-,24-,29-,30+,31-,32-,33+,34-/m0/s1. The van der Waals surface area contributed by atoms with E-state index in [9.17, 15) is 19.8 Å². The van der Waals surface area contributed by atoms with Crippen molar-refractivity contribution in [2.45, 2.75) is 84.2 Å². The first kappa shape index (κ1) is 34.5. The normalized spacial score (nSPS) is 29.3. The first-order valence-electron chi connectivity index (χ1n) is 17.1. The number of carbonyl (C=O) groups is 2. The summed E-state index contributed by atoms with van der Waals surface area (Å²) < 4.78 is 0. The zero-order valence-electron chi connectivity index (χ0n) is 28.4. The van der Waals surface area contributed by atoms with Crippen LogP contribution in [-0.2, 0) is 16.2 Å². The smallest absolute Gasteiger partial charge is 0.251 e. The molecule has 4 N–H and O–H groups in total. The lowest BCUT2D eigenvalue weighted by molar-refractivity contribution is -0.183. The fraction of sp³-hybridized carbons (Fsp3) is 0.622. The van der Waals surface area contributed by atoms with E-state index in [1.807, 2.05) is 62.6 Å². The Morgan fingerprint density at radius 3 is 2.46 bits per heavy atom. The maximum absolute atomic E-state index is 14.0. The molecule has 46 heavy (non-hydrogen) atoms. The Kier molecular flexibility index (Phi) is 10.9. The summed E-state index contributed by atoms with van der Waals surface area (Å²) in [5, 5.41) is 28.9. The van der Waals surface area contributed by atoms with E-state index >= 15 is 0 Å². The number of amides is 2. The highest BCUT2D eigenvalue weighted by Crippen LogP contribution is 2.61. The van der Waals surface area contributed by atoms with Crippen LogP contribution in [0.25, 0.3) is 11.1 Å². The van der Waals surface area contributed by atoms with Gasteiger partial charge in [-0.3, -0.25) is 14.4 Å². The molecule has 0 aromatic heterocycles. The Balaban J connectivity index is 1.28. The van der Waals surface area contributed by atoms with Crippen molar-refractivity contribution in [3.63, 3.8) is 0 Å². The van der Waals surface area contributed by atoms with Crippen LogP contribution in [0, 0.1) is 29.1 Å². The predicted molar refractivity (Wildman–Crippen MR) is 180 cm³/mol. The van der Waals surface area contributed by atoms with Crippen LogP contribution in [0.5, 0.6) is 0 Å². The average Bonchev–Trinajstić information content (AvgIpc) is 3.40. The lowest BCUT2D eigenvalue weighted by atomic mass is 9.45. The van der Waals surface area contributed by atoms with Crippen molar-refractivity contribution >= 4 is 11.8 Å². The van der Waals surface area contributed by atoms with Crippen LogP contribution in [0.4, 0.5) is 0 Å². The van der Waals surface area contributed by atoms with Gasteiger partial charge in [0.1, 0.15) is 12.1 Å². The minimum absolute atomic E-state index is 0.0831. The molecule has 6 rings (SSSR count). The number of aliphatic hydroxyl groups is 2. The topological polar surface area (TPSA) is 114 Å². The molecule has 252 valence electrons. The molecule has 1 heterocycles. The summed E-state index contributed by atoms with van der Waals surface area (Å²) in [7, 11) is 4.09. The predicted octanol–water partition coefficient (Wildman–Crippen LogP) is 4.09. The fourth-order valence-electron chi connectivity index (χ4n) is 8.21. The Labute approximate surface area is 274 Å². The van der Waals surface area contributed by atoms with E-state index < -0.39 is 24.2 Å². The zero-order valence-corrected chi connectivity index (χ0v) is 28.4. The molecule has 3 aliphatic carbocycles. The molecule has 1 aliphatic heterocycles. The van der Waals surface area contributed by atoms with Crippen molar-refractivity contribution in [1.29, 1.82) is 0 Å². The third kappa shape index (κ3) is 7.34. The Bertz CT molecular complexity index is 1360. The van der Waals surface area contributed by atoms with Crippen LogP contribution in [0.2, 0.25) is 0 Å². The molecule has 2 aromatic carbocycles. The average molecular weight is 635 g/mol. The van der Waals surface area contributed by atoms with Gasteiger partial charge in [-0.05, 0) is 111 Å². The second-order valence-electron chi connectivity index (χ2n) is 14.8. The van der Waals surface area contributed by atoms with E-state index in [2.05, 4.69) is 36.3 Å². The minimum atomic E-state index is -0.845. The van der Waals surface area contributed by atoms with E-state index in [1.165, 1.54) is 6.42 Å². The molecule has 2 aromatic rings. The molecule has 3 saturated carbocycles. The highest BCUT2D eigenvalue weighted by molar-refractivity contribution is 5.95. The van der Waals surface area contributed by atoms with E-state index in [-0.39, 0.29) is 24.5 Å². The Morgan fingerprint density at radius 1 is 1.09 bits per heavy atom. The highest BCUT2D eigenvalue weighted by atomic mass is 16.7. The van der Waals surface area contributed by atoms with Crippen molar-refractivity contribution in [3.8, 4) is 11.1 Å². The Morgan fingerprint density at radius 2 is 1.80 bits per heavy atom. The van der Waals surface area contributed by atoms with Gasteiger partial charge in [0.15, 0.2) is 0 Å². The summed E-state index contributed by atoms with van der Waals surface area (Å²) in [5.41, 5.74) is 3.71. The van der Waals surface area contributed by atoms with Gasteiger partial charge in [-0.15, -0.1) is 0 Å². The van der Waals surface area contributed by atoms with Gasteiger partial charge in [-0.2, -0.15) is 5.06 Å². The summed E-state index contributed by atoms with van der Waals surface area (Å²) >= 11 is 0. The van der Waals surface area contributed by atoms with Crippen molar-refractivity contribution in [2.24, 2.45) is 29.1 Å². The van der Waals surface area contributed by atoms with E-state index in [0.29, 0.717) is 41.8 Å². The second kappa shape index (κ2) is 14.5. The summed E-state index contributed by atoms with van der Waals surface area (Å²) in [6.45, 7) is 10.2. The molecule has 0 unspecified atom stereocenters. The molecule has 8 atom stereocenters. The van der Waals surface area contributed by atoms with Crippen molar-refractivity contribution in [1.82, 2.24) is 20.6 Å². The Hall–Kier alpha value is -2.82. The van der Waals surface area contributed by atoms with Crippen LogP contribution < -0.4 is 10.6 Å². The summed E-state index contributed by atoms with van der Waals surface area (Å²) in [4.78, 5) is 35.2. The number of fused-ring (bicyclic) bond motifs is 2. The SMILES string of the molecule is C[C@@H]1[C@@H](NC(=O)[C@@H]2[C@H]([C@H](C)O)[C@H](CO)ON2Cc2cccc(-c3cccc(C(=O)NCCCCN(C)C)c3)c2)C[C@@H]2C[C@H]1C2(C)C. The first-order valence-corrected chi connectivity index (χ1v) is 17.1. The number of hydrogen-bond donors (Lipinski definition) is 4. The molecule has 4 fully saturated rings. The van der Waals surface area contributed by atoms with Crippen LogP contribution in [0.3, 0.4) is 0 Å². The second-order valence-corrected chi connectivity index (χ2v) is 14.8. The zero-order chi connectivity index (χ0) is 33.2. The van der Waals surface area contributed by atoms with Gasteiger partial charge in [0.2, 0.25) is 5.91 Å². The van der Waals surface area contributed by atoms with Crippen LogP contribution in [-0.4, -0.2) is 90.1 Å². The molecule has 0 radical (unpaired) electrons. The number of nitrogens with zero attached hydrogens (tertiary/aromatic N) is 2. The van der Waals surface area contributed by atoms with Crippen molar-refractivity contribution in [2.75, 3.05) is 33.8 Å². The number of hydroxylamine groups is 2. The van der Waals surface area contributed by atoms with E-state index in [0.717, 1.165) is 42.5 Å². The number of nitrogens with one attached hydrogen (secondary N) is 2. The molecule has 9 nitrogen and oxygen atoms in total.